The van der Waals surface area contributed by atoms with Gasteiger partial charge in [0.2, 0.25) is 0 Å². The van der Waals surface area contributed by atoms with E-state index in [9.17, 15) is 18.3 Å². The number of sulfone groups is 1. The lowest BCUT2D eigenvalue weighted by Crippen LogP contribution is -2.24. The number of aromatic nitrogens is 1. The van der Waals surface area contributed by atoms with Gasteiger partial charge in [-0.05, 0) is 6.92 Å². The fourth-order valence-electron chi connectivity index (χ4n) is 1.13. The van der Waals surface area contributed by atoms with E-state index < -0.39 is 26.0 Å². The monoisotopic (exact) mass is 217 g/mol. The van der Waals surface area contributed by atoms with E-state index in [0.717, 1.165) is 6.26 Å². The molecule has 5 nitrogen and oxygen atoms in total. The molecule has 1 aromatic rings. The molecular formula is C8H11NO4S. The van der Waals surface area contributed by atoms with Gasteiger partial charge in [0.1, 0.15) is 5.75 Å². The standard InChI is InChI=1S/C8H11NO4S/c1-5-4-6(10)7(14(3,12)13)8(11)9(5)2/h4,10H,1-3H3. The van der Waals surface area contributed by atoms with Crippen molar-refractivity contribution < 1.29 is 13.5 Å². The molecule has 0 aliphatic rings. The number of nitrogens with zero attached hydrogens (tertiary/aromatic N) is 1. The summed E-state index contributed by atoms with van der Waals surface area (Å²) < 4.78 is 23.5. The summed E-state index contributed by atoms with van der Waals surface area (Å²) >= 11 is 0. The highest BCUT2D eigenvalue weighted by Crippen LogP contribution is 2.18. The first-order valence-corrected chi connectivity index (χ1v) is 5.74. The fourth-order valence-corrected chi connectivity index (χ4v) is 2.02. The lowest BCUT2D eigenvalue weighted by molar-refractivity contribution is 0.452. The molecule has 78 valence electrons. The molecule has 0 aliphatic heterocycles. The first-order chi connectivity index (χ1) is 6.25. The van der Waals surface area contributed by atoms with E-state index in [1.807, 2.05) is 0 Å². The second-order valence-corrected chi connectivity index (χ2v) is 5.09. The first-order valence-electron chi connectivity index (χ1n) is 3.85. The molecule has 1 aromatic heterocycles. The average molecular weight is 217 g/mol. The molecular weight excluding hydrogens is 206 g/mol. The van der Waals surface area contributed by atoms with Crippen molar-refractivity contribution in [3.8, 4) is 5.75 Å². The molecule has 0 amide bonds. The van der Waals surface area contributed by atoms with E-state index in [4.69, 9.17) is 0 Å². The van der Waals surface area contributed by atoms with Crippen LogP contribution >= 0.6 is 0 Å². The smallest absolute Gasteiger partial charge is 0.273 e. The Morgan fingerprint density at radius 1 is 1.43 bits per heavy atom. The van der Waals surface area contributed by atoms with Gasteiger partial charge in [0.25, 0.3) is 5.56 Å². The molecule has 6 heteroatoms. The number of pyridine rings is 1. The molecule has 0 atom stereocenters. The summed E-state index contributed by atoms with van der Waals surface area (Å²) in [5, 5.41) is 9.34. The van der Waals surface area contributed by atoms with Crippen molar-refractivity contribution >= 4 is 9.84 Å². The van der Waals surface area contributed by atoms with Crippen molar-refractivity contribution in [3.63, 3.8) is 0 Å². The van der Waals surface area contributed by atoms with Crippen LogP contribution in [0.1, 0.15) is 5.69 Å². The van der Waals surface area contributed by atoms with Crippen LogP contribution in [0, 0.1) is 6.92 Å². The zero-order valence-corrected chi connectivity index (χ0v) is 8.92. The molecule has 0 saturated carbocycles. The number of aryl methyl sites for hydroxylation is 1. The van der Waals surface area contributed by atoms with Crippen molar-refractivity contribution in [1.82, 2.24) is 4.57 Å². The minimum absolute atomic E-state index is 0.492. The number of hydrogen-bond donors (Lipinski definition) is 1. The van der Waals surface area contributed by atoms with E-state index in [1.165, 1.54) is 17.7 Å². The lowest BCUT2D eigenvalue weighted by Gasteiger charge is -2.07. The summed E-state index contributed by atoms with van der Waals surface area (Å²) in [6.45, 7) is 1.60. The van der Waals surface area contributed by atoms with E-state index in [2.05, 4.69) is 0 Å². The maximum atomic E-state index is 11.5. The van der Waals surface area contributed by atoms with Crippen LogP contribution in [0.15, 0.2) is 15.8 Å². The van der Waals surface area contributed by atoms with Gasteiger partial charge in [-0.2, -0.15) is 0 Å². The zero-order valence-electron chi connectivity index (χ0n) is 8.10. The van der Waals surface area contributed by atoms with E-state index in [1.54, 1.807) is 6.92 Å². The van der Waals surface area contributed by atoms with E-state index >= 15 is 0 Å². The van der Waals surface area contributed by atoms with E-state index in [0.29, 0.717) is 5.69 Å². The van der Waals surface area contributed by atoms with Crippen molar-refractivity contribution in [3.05, 3.63) is 22.1 Å². The highest BCUT2D eigenvalue weighted by Gasteiger charge is 2.19. The summed E-state index contributed by atoms with van der Waals surface area (Å²) in [6, 6.07) is 1.25. The molecule has 0 bridgehead atoms. The highest BCUT2D eigenvalue weighted by atomic mass is 32.2. The molecule has 0 unspecified atom stereocenters. The van der Waals surface area contributed by atoms with Crippen LogP contribution in [0.5, 0.6) is 5.75 Å². The average Bonchev–Trinajstić information content (AvgIpc) is 1.97. The second-order valence-electron chi connectivity index (χ2n) is 3.14. The third kappa shape index (κ3) is 1.65. The Morgan fingerprint density at radius 2 is 1.93 bits per heavy atom. The quantitative estimate of drug-likeness (QED) is 0.707. The van der Waals surface area contributed by atoms with Crippen LogP contribution in [0.2, 0.25) is 0 Å². The van der Waals surface area contributed by atoms with Gasteiger partial charge < -0.3 is 9.67 Å². The molecule has 14 heavy (non-hydrogen) atoms. The van der Waals surface area contributed by atoms with Gasteiger partial charge in [-0.25, -0.2) is 8.42 Å². The Morgan fingerprint density at radius 3 is 2.36 bits per heavy atom. The van der Waals surface area contributed by atoms with Crippen molar-refractivity contribution in [1.29, 1.82) is 0 Å². The molecule has 0 radical (unpaired) electrons. The zero-order chi connectivity index (χ0) is 11.1. The van der Waals surface area contributed by atoms with Gasteiger partial charge in [-0.1, -0.05) is 0 Å². The normalized spacial score (nSPS) is 11.6. The first kappa shape index (κ1) is 10.8. The molecule has 0 fully saturated rings. The van der Waals surface area contributed by atoms with Gasteiger partial charge in [0, 0.05) is 25.1 Å². The molecule has 1 N–H and O–H groups in total. The maximum absolute atomic E-state index is 11.5. The third-order valence-electron chi connectivity index (χ3n) is 1.98. The molecule has 0 saturated heterocycles. The van der Waals surface area contributed by atoms with Crippen LogP contribution in [-0.2, 0) is 16.9 Å². The Labute approximate surface area is 81.5 Å². The Kier molecular flexibility index (Phi) is 2.41. The molecule has 0 aliphatic carbocycles. The summed E-state index contributed by atoms with van der Waals surface area (Å²) in [4.78, 5) is 10.9. The minimum atomic E-state index is -3.69. The summed E-state index contributed by atoms with van der Waals surface area (Å²) in [5.74, 6) is -0.492. The summed E-state index contributed by atoms with van der Waals surface area (Å²) in [7, 11) is -2.24. The van der Waals surface area contributed by atoms with Gasteiger partial charge in [-0.3, -0.25) is 4.79 Å². The Bertz CT molecular complexity index is 527. The van der Waals surface area contributed by atoms with Crippen LogP contribution in [0.3, 0.4) is 0 Å². The fraction of sp³-hybridized carbons (Fsp3) is 0.375. The van der Waals surface area contributed by atoms with Crippen LogP contribution < -0.4 is 5.56 Å². The molecule has 0 aromatic carbocycles. The maximum Gasteiger partial charge on any atom is 0.273 e. The Balaban J connectivity index is 3.80. The van der Waals surface area contributed by atoms with Gasteiger partial charge in [0.05, 0.1) is 0 Å². The minimum Gasteiger partial charge on any atom is -0.506 e. The SMILES string of the molecule is Cc1cc(O)c(S(C)(=O)=O)c(=O)n1C. The van der Waals surface area contributed by atoms with Crippen molar-refractivity contribution in [2.24, 2.45) is 7.05 Å². The van der Waals surface area contributed by atoms with Crippen LogP contribution in [0.25, 0.3) is 0 Å². The summed E-state index contributed by atoms with van der Waals surface area (Å²) in [6.07, 6.45) is 0.888. The largest absolute Gasteiger partial charge is 0.506 e. The van der Waals surface area contributed by atoms with Gasteiger partial charge in [0.15, 0.2) is 14.7 Å². The number of rotatable bonds is 1. The van der Waals surface area contributed by atoms with Crippen molar-refractivity contribution in [2.75, 3.05) is 6.26 Å². The third-order valence-corrected chi connectivity index (χ3v) is 3.10. The molecule has 1 heterocycles. The second kappa shape index (κ2) is 3.13. The topological polar surface area (TPSA) is 76.4 Å². The highest BCUT2D eigenvalue weighted by molar-refractivity contribution is 7.90. The van der Waals surface area contributed by atoms with E-state index in [-0.39, 0.29) is 0 Å². The number of hydrogen-bond acceptors (Lipinski definition) is 4. The van der Waals surface area contributed by atoms with Crippen LogP contribution in [0.4, 0.5) is 0 Å². The molecule has 0 spiro atoms. The van der Waals surface area contributed by atoms with Gasteiger partial charge >= 0.3 is 0 Å². The van der Waals surface area contributed by atoms with Crippen LogP contribution in [-0.4, -0.2) is 24.3 Å². The molecule has 1 rings (SSSR count). The van der Waals surface area contributed by atoms with Gasteiger partial charge in [-0.15, -0.1) is 0 Å². The lowest BCUT2D eigenvalue weighted by atomic mass is 10.3. The predicted octanol–water partition coefficient (Wildman–Crippen LogP) is -0.197. The number of aromatic hydroxyl groups is 1. The Hall–Kier alpha value is -1.30. The van der Waals surface area contributed by atoms with Crippen molar-refractivity contribution in [2.45, 2.75) is 11.8 Å². The predicted molar refractivity (Wildman–Crippen MR) is 51.2 cm³/mol. The summed E-state index contributed by atoms with van der Waals surface area (Å²) in [5.41, 5.74) is -0.204.